The van der Waals surface area contributed by atoms with Gasteiger partial charge in [0.1, 0.15) is 5.54 Å². The largest absolute Gasteiger partial charge is 0.353 e. The Bertz CT molecular complexity index is 620. The molecule has 1 atom stereocenters. The van der Waals surface area contributed by atoms with Crippen molar-refractivity contribution in [3.8, 4) is 6.07 Å². The summed E-state index contributed by atoms with van der Waals surface area (Å²) in [7, 11) is 5.68. The van der Waals surface area contributed by atoms with E-state index in [0.29, 0.717) is 5.75 Å². The second kappa shape index (κ2) is 6.89. The molecule has 0 saturated carbocycles. The maximum absolute atomic E-state index is 9.63. The normalized spacial score (nSPS) is 13.4. The molecular weight excluding hydrogens is 302 g/mol. The standard InChI is InChI=1S/C14H17N5S2/c1-16-14(9-15,11-7-5-4-6-8-11)10-20-13-18-17-12(21-13)19(2)3/h4-8,16H,10H2,1-3H3. The second-order valence-corrected chi connectivity index (χ2v) is 6.85. The molecule has 0 spiro atoms. The number of hydrogen-bond donors (Lipinski definition) is 1. The van der Waals surface area contributed by atoms with Gasteiger partial charge >= 0.3 is 0 Å². The molecule has 0 radical (unpaired) electrons. The number of rotatable bonds is 6. The van der Waals surface area contributed by atoms with E-state index in [1.54, 1.807) is 11.8 Å². The molecule has 0 aliphatic carbocycles. The van der Waals surface area contributed by atoms with Crippen LogP contribution in [0.1, 0.15) is 5.56 Å². The average Bonchev–Trinajstić information content (AvgIpc) is 2.99. The van der Waals surface area contributed by atoms with Crippen LogP contribution in [0.4, 0.5) is 5.13 Å². The average molecular weight is 319 g/mol. The second-order valence-electron chi connectivity index (χ2n) is 4.67. The highest BCUT2D eigenvalue weighted by atomic mass is 32.2. The summed E-state index contributed by atoms with van der Waals surface area (Å²) >= 11 is 3.07. The zero-order valence-electron chi connectivity index (χ0n) is 12.2. The van der Waals surface area contributed by atoms with Gasteiger partial charge in [-0.2, -0.15) is 5.26 Å². The first-order chi connectivity index (χ1) is 10.1. The van der Waals surface area contributed by atoms with Gasteiger partial charge in [-0.3, -0.25) is 5.32 Å². The minimum Gasteiger partial charge on any atom is -0.353 e. The topological polar surface area (TPSA) is 64.8 Å². The van der Waals surface area contributed by atoms with Crippen molar-refractivity contribution < 1.29 is 0 Å². The zero-order valence-corrected chi connectivity index (χ0v) is 13.8. The molecule has 1 heterocycles. The number of aromatic nitrogens is 2. The Kier molecular flexibility index (Phi) is 5.17. The Morgan fingerprint density at radius 1 is 1.33 bits per heavy atom. The lowest BCUT2D eigenvalue weighted by atomic mass is 9.94. The predicted molar refractivity (Wildman–Crippen MR) is 87.8 cm³/mol. The number of nitrogens with one attached hydrogen (secondary N) is 1. The van der Waals surface area contributed by atoms with Gasteiger partial charge in [-0.1, -0.05) is 53.4 Å². The van der Waals surface area contributed by atoms with Crippen LogP contribution in [0.3, 0.4) is 0 Å². The van der Waals surface area contributed by atoms with E-state index in [-0.39, 0.29) is 0 Å². The van der Waals surface area contributed by atoms with Gasteiger partial charge < -0.3 is 4.90 Å². The lowest BCUT2D eigenvalue weighted by Gasteiger charge is -2.25. The van der Waals surface area contributed by atoms with E-state index in [0.717, 1.165) is 15.0 Å². The summed E-state index contributed by atoms with van der Waals surface area (Å²) in [5.74, 6) is 0.575. The Balaban J connectivity index is 2.15. The van der Waals surface area contributed by atoms with Crippen LogP contribution in [-0.2, 0) is 5.54 Å². The first-order valence-corrected chi connectivity index (χ1v) is 8.21. The molecule has 0 bridgehead atoms. The molecule has 5 nitrogen and oxygen atoms in total. The smallest absolute Gasteiger partial charge is 0.208 e. The quantitative estimate of drug-likeness (QED) is 0.825. The van der Waals surface area contributed by atoms with E-state index >= 15 is 0 Å². The van der Waals surface area contributed by atoms with E-state index in [4.69, 9.17) is 0 Å². The molecule has 0 amide bonds. The zero-order chi connectivity index (χ0) is 15.3. The molecule has 0 fully saturated rings. The molecule has 2 aromatic rings. The molecule has 0 aliphatic heterocycles. The number of benzene rings is 1. The number of nitriles is 1. The molecule has 1 N–H and O–H groups in total. The van der Waals surface area contributed by atoms with E-state index < -0.39 is 5.54 Å². The first kappa shape index (κ1) is 15.8. The number of anilines is 1. The van der Waals surface area contributed by atoms with Gasteiger partial charge in [-0.05, 0) is 12.6 Å². The molecule has 21 heavy (non-hydrogen) atoms. The minimum absolute atomic E-state index is 0.575. The highest BCUT2D eigenvalue weighted by Crippen LogP contribution is 2.32. The van der Waals surface area contributed by atoms with Gasteiger partial charge in [0, 0.05) is 19.8 Å². The Hall–Kier alpha value is -1.62. The molecule has 0 saturated heterocycles. The maximum Gasteiger partial charge on any atom is 0.208 e. The molecule has 1 aromatic heterocycles. The van der Waals surface area contributed by atoms with Crippen LogP contribution in [0.2, 0.25) is 0 Å². The van der Waals surface area contributed by atoms with Crippen LogP contribution in [0, 0.1) is 11.3 Å². The van der Waals surface area contributed by atoms with E-state index in [1.807, 2.05) is 56.4 Å². The highest BCUT2D eigenvalue weighted by molar-refractivity contribution is 8.01. The van der Waals surface area contributed by atoms with Crippen molar-refractivity contribution in [2.75, 3.05) is 31.8 Å². The van der Waals surface area contributed by atoms with Crippen molar-refractivity contribution in [3.05, 3.63) is 35.9 Å². The van der Waals surface area contributed by atoms with Gasteiger partial charge in [-0.15, -0.1) is 10.2 Å². The molecule has 110 valence electrons. The monoisotopic (exact) mass is 319 g/mol. The number of hydrogen-bond acceptors (Lipinski definition) is 7. The molecule has 1 aromatic carbocycles. The molecule has 1 unspecified atom stereocenters. The van der Waals surface area contributed by atoms with Gasteiger partial charge in [0.25, 0.3) is 0 Å². The maximum atomic E-state index is 9.63. The van der Waals surface area contributed by atoms with Crippen molar-refractivity contribution in [1.29, 1.82) is 5.26 Å². The third kappa shape index (κ3) is 3.53. The fraction of sp³-hybridized carbons (Fsp3) is 0.357. The van der Waals surface area contributed by atoms with Crippen LogP contribution in [0.15, 0.2) is 34.7 Å². The van der Waals surface area contributed by atoms with Crippen LogP contribution in [0.25, 0.3) is 0 Å². The summed E-state index contributed by atoms with van der Waals surface area (Å²) in [5.41, 5.74) is 0.232. The number of nitrogens with zero attached hydrogens (tertiary/aromatic N) is 4. The Morgan fingerprint density at radius 2 is 2.05 bits per heavy atom. The first-order valence-electron chi connectivity index (χ1n) is 6.40. The van der Waals surface area contributed by atoms with Crippen LogP contribution < -0.4 is 10.2 Å². The summed E-state index contributed by atoms with van der Waals surface area (Å²) in [4.78, 5) is 1.93. The van der Waals surface area contributed by atoms with Gasteiger partial charge in [0.15, 0.2) is 4.34 Å². The fourth-order valence-electron chi connectivity index (χ4n) is 1.79. The number of thioether (sulfide) groups is 1. The molecule has 0 aliphatic rings. The molecule has 7 heteroatoms. The molecule has 2 rings (SSSR count). The van der Waals surface area contributed by atoms with Crippen molar-refractivity contribution in [2.45, 2.75) is 9.88 Å². The van der Waals surface area contributed by atoms with Gasteiger partial charge in [-0.25, -0.2) is 0 Å². The van der Waals surface area contributed by atoms with Crippen molar-refractivity contribution in [1.82, 2.24) is 15.5 Å². The Morgan fingerprint density at radius 3 is 2.57 bits per heavy atom. The summed E-state index contributed by atoms with van der Waals surface area (Å²) in [5, 5.41) is 21.9. The van der Waals surface area contributed by atoms with Gasteiger partial charge in [0.2, 0.25) is 5.13 Å². The minimum atomic E-state index is -0.726. The van der Waals surface area contributed by atoms with Crippen molar-refractivity contribution in [3.63, 3.8) is 0 Å². The summed E-state index contributed by atoms with van der Waals surface area (Å²) in [6, 6.07) is 12.2. The highest BCUT2D eigenvalue weighted by Gasteiger charge is 2.31. The predicted octanol–water partition coefficient (Wildman–Crippen LogP) is 2.33. The third-order valence-electron chi connectivity index (χ3n) is 3.07. The van der Waals surface area contributed by atoms with Crippen LogP contribution >= 0.6 is 23.1 Å². The van der Waals surface area contributed by atoms with Crippen molar-refractivity contribution >= 4 is 28.2 Å². The lowest BCUT2D eigenvalue weighted by molar-refractivity contribution is 0.528. The van der Waals surface area contributed by atoms with Gasteiger partial charge in [0.05, 0.1) is 6.07 Å². The summed E-state index contributed by atoms with van der Waals surface area (Å²) in [6.45, 7) is 0. The summed E-state index contributed by atoms with van der Waals surface area (Å²) < 4.78 is 0.865. The van der Waals surface area contributed by atoms with Crippen molar-refractivity contribution in [2.24, 2.45) is 0 Å². The van der Waals surface area contributed by atoms with E-state index in [1.165, 1.54) is 11.3 Å². The Labute approximate surface area is 133 Å². The summed E-state index contributed by atoms with van der Waals surface area (Å²) in [6.07, 6.45) is 0. The van der Waals surface area contributed by atoms with Crippen LogP contribution in [-0.4, -0.2) is 37.1 Å². The third-order valence-corrected chi connectivity index (χ3v) is 5.47. The van der Waals surface area contributed by atoms with E-state index in [2.05, 4.69) is 21.6 Å². The fourth-order valence-corrected chi connectivity index (χ4v) is 3.74. The lowest BCUT2D eigenvalue weighted by Crippen LogP contribution is -2.41. The SMILES string of the molecule is CNC(C#N)(CSc1nnc(N(C)C)s1)c1ccccc1. The molecular formula is C14H17N5S2. The van der Waals surface area contributed by atoms with E-state index in [9.17, 15) is 5.26 Å². The van der Waals surface area contributed by atoms with Crippen LogP contribution in [0.5, 0.6) is 0 Å².